The highest BCUT2D eigenvalue weighted by Crippen LogP contribution is 1.94. The van der Waals surface area contributed by atoms with Crippen molar-refractivity contribution in [2.45, 2.75) is 19.4 Å². The van der Waals surface area contributed by atoms with Gasteiger partial charge in [-0.1, -0.05) is 6.92 Å². The van der Waals surface area contributed by atoms with Crippen LogP contribution >= 0.6 is 0 Å². The van der Waals surface area contributed by atoms with Crippen molar-refractivity contribution in [3.63, 3.8) is 0 Å². The molecule has 0 aromatic rings. The molecule has 0 aromatic heterocycles. The van der Waals surface area contributed by atoms with E-state index in [4.69, 9.17) is 5.26 Å². The van der Waals surface area contributed by atoms with Gasteiger partial charge < -0.3 is 0 Å². The van der Waals surface area contributed by atoms with E-state index in [2.05, 4.69) is 6.07 Å². The summed E-state index contributed by atoms with van der Waals surface area (Å²) in [6, 6.07) is 2.27. The molecule has 46 valence electrons. The lowest BCUT2D eigenvalue weighted by Gasteiger charge is -2.13. The van der Waals surface area contributed by atoms with Crippen LogP contribution in [0.5, 0.6) is 0 Å². The molecule has 0 heterocycles. The molecule has 0 aliphatic carbocycles. The average Bonchev–Trinajstić information content (AvgIpc) is 1.69. The van der Waals surface area contributed by atoms with Gasteiger partial charge in [0, 0.05) is 0 Å². The van der Waals surface area contributed by atoms with Crippen molar-refractivity contribution in [2.75, 3.05) is 14.1 Å². The maximum absolute atomic E-state index is 8.40. The van der Waals surface area contributed by atoms with Crippen LogP contribution in [0.3, 0.4) is 0 Å². The molecule has 0 unspecified atom stereocenters. The van der Waals surface area contributed by atoms with E-state index in [1.54, 1.807) is 0 Å². The molecule has 0 saturated heterocycles. The van der Waals surface area contributed by atoms with Crippen LogP contribution < -0.4 is 0 Å². The second-order valence-electron chi connectivity index (χ2n) is 2.02. The second-order valence-corrected chi connectivity index (χ2v) is 2.02. The normalized spacial score (nSPS) is 13.4. The van der Waals surface area contributed by atoms with Gasteiger partial charge in [0.1, 0.15) is 0 Å². The lowest BCUT2D eigenvalue weighted by atomic mass is 10.2. The van der Waals surface area contributed by atoms with Crippen molar-refractivity contribution in [1.82, 2.24) is 4.90 Å². The molecule has 0 N–H and O–H groups in total. The first-order chi connectivity index (χ1) is 3.72. The summed E-state index contributed by atoms with van der Waals surface area (Å²) < 4.78 is 0. The molecule has 0 aromatic carbocycles. The van der Waals surface area contributed by atoms with E-state index in [1.165, 1.54) is 0 Å². The molecule has 0 spiro atoms. The number of hydrogen-bond donors (Lipinski definition) is 0. The molecule has 0 radical (unpaired) electrons. The van der Waals surface area contributed by atoms with E-state index in [0.29, 0.717) is 0 Å². The largest absolute Gasteiger partial charge is 0.294 e. The Kier molecular flexibility index (Phi) is 3.21. The fourth-order valence-corrected chi connectivity index (χ4v) is 0.572. The minimum atomic E-state index is 0.0926. The zero-order chi connectivity index (χ0) is 6.57. The first-order valence-electron chi connectivity index (χ1n) is 2.78. The molecule has 2 nitrogen and oxygen atoms in total. The van der Waals surface area contributed by atoms with E-state index >= 15 is 0 Å². The number of rotatable bonds is 2. The summed E-state index contributed by atoms with van der Waals surface area (Å²) in [5.74, 6) is 0. The van der Waals surface area contributed by atoms with E-state index in [0.717, 1.165) is 6.42 Å². The Bertz CT molecular complexity index is 91.2. The number of hydrogen-bond acceptors (Lipinski definition) is 2. The van der Waals surface area contributed by atoms with Gasteiger partial charge in [-0.05, 0) is 20.5 Å². The zero-order valence-electron chi connectivity index (χ0n) is 5.68. The van der Waals surface area contributed by atoms with Crippen LogP contribution in [0.4, 0.5) is 0 Å². The highest BCUT2D eigenvalue weighted by atomic mass is 15.1. The second kappa shape index (κ2) is 3.45. The van der Waals surface area contributed by atoms with E-state index in [1.807, 2.05) is 25.9 Å². The molecule has 0 amide bonds. The Morgan fingerprint density at radius 3 is 2.12 bits per heavy atom. The Balaban J connectivity index is 3.57. The van der Waals surface area contributed by atoms with Crippen LogP contribution in [-0.4, -0.2) is 25.0 Å². The third kappa shape index (κ3) is 1.94. The van der Waals surface area contributed by atoms with E-state index in [9.17, 15) is 0 Å². The Labute approximate surface area is 50.7 Å². The summed E-state index contributed by atoms with van der Waals surface area (Å²) in [5, 5.41) is 8.40. The molecule has 8 heavy (non-hydrogen) atoms. The van der Waals surface area contributed by atoms with Crippen molar-refractivity contribution < 1.29 is 0 Å². The van der Waals surface area contributed by atoms with Gasteiger partial charge in [-0.15, -0.1) is 0 Å². The van der Waals surface area contributed by atoms with Gasteiger partial charge in [0.05, 0.1) is 12.1 Å². The van der Waals surface area contributed by atoms with E-state index in [-0.39, 0.29) is 6.04 Å². The third-order valence-electron chi connectivity index (χ3n) is 1.16. The summed E-state index contributed by atoms with van der Waals surface area (Å²) >= 11 is 0. The van der Waals surface area contributed by atoms with Crippen LogP contribution in [0.25, 0.3) is 0 Å². The minimum absolute atomic E-state index is 0.0926. The predicted molar refractivity (Wildman–Crippen MR) is 33.4 cm³/mol. The molecule has 0 aliphatic heterocycles. The smallest absolute Gasteiger partial charge is 0.0970 e. The summed E-state index contributed by atoms with van der Waals surface area (Å²) in [5.41, 5.74) is 0. The highest BCUT2D eigenvalue weighted by molar-refractivity contribution is 4.87. The molecule has 0 fully saturated rings. The van der Waals surface area contributed by atoms with Gasteiger partial charge in [-0.25, -0.2) is 0 Å². The monoisotopic (exact) mass is 112 g/mol. The van der Waals surface area contributed by atoms with Crippen LogP contribution in [0.1, 0.15) is 13.3 Å². The average molecular weight is 112 g/mol. The van der Waals surface area contributed by atoms with Gasteiger partial charge in [0.25, 0.3) is 0 Å². The van der Waals surface area contributed by atoms with Gasteiger partial charge in [0.2, 0.25) is 0 Å². The maximum Gasteiger partial charge on any atom is 0.0970 e. The molecule has 0 rings (SSSR count). The topological polar surface area (TPSA) is 27.0 Å². The van der Waals surface area contributed by atoms with Gasteiger partial charge in [0.15, 0.2) is 0 Å². The summed E-state index contributed by atoms with van der Waals surface area (Å²) in [6.45, 7) is 2.01. The van der Waals surface area contributed by atoms with Crippen molar-refractivity contribution >= 4 is 0 Å². The molecule has 0 bridgehead atoms. The maximum atomic E-state index is 8.40. The summed E-state index contributed by atoms with van der Waals surface area (Å²) in [6.07, 6.45) is 0.906. The molecule has 1 atom stereocenters. The third-order valence-corrected chi connectivity index (χ3v) is 1.16. The number of nitrogens with zero attached hydrogens (tertiary/aromatic N) is 2. The molecular weight excluding hydrogens is 100 g/mol. The fraction of sp³-hybridized carbons (Fsp3) is 0.833. The first-order valence-corrected chi connectivity index (χ1v) is 2.78. The Morgan fingerprint density at radius 2 is 2.12 bits per heavy atom. The SMILES string of the molecule is CC[C@H](C#N)N(C)C. The van der Waals surface area contributed by atoms with Crippen LogP contribution in [-0.2, 0) is 0 Å². The zero-order valence-corrected chi connectivity index (χ0v) is 5.68. The molecule has 0 saturated carbocycles. The first kappa shape index (κ1) is 7.45. The summed E-state index contributed by atoms with van der Waals surface area (Å²) in [7, 11) is 3.83. The van der Waals surface area contributed by atoms with Gasteiger partial charge in [-0.3, -0.25) is 4.90 Å². The molecular formula is C6H12N2. The predicted octanol–water partition coefficient (Wildman–Crippen LogP) is 0.850. The molecule has 0 aliphatic rings. The van der Waals surface area contributed by atoms with Crippen molar-refractivity contribution in [3.8, 4) is 6.07 Å². The Morgan fingerprint density at radius 1 is 1.62 bits per heavy atom. The number of nitriles is 1. The minimum Gasteiger partial charge on any atom is -0.294 e. The van der Waals surface area contributed by atoms with Crippen molar-refractivity contribution in [1.29, 1.82) is 5.26 Å². The lowest BCUT2D eigenvalue weighted by molar-refractivity contribution is 0.343. The van der Waals surface area contributed by atoms with Crippen LogP contribution in [0.15, 0.2) is 0 Å². The lowest BCUT2D eigenvalue weighted by Crippen LogP contribution is -2.24. The quantitative estimate of drug-likeness (QED) is 0.529. The van der Waals surface area contributed by atoms with Crippen LogP contribution in [0, 0.1) is 11.3 Å². The standard InChI is InChI=1S/C6H12N2/c1-4-6(5-7)8(2)3/h6H,4H2,1-3H3/t6-/m1/s1. The van der Waals surface area contributed by atoms with E-state index < -0.39 is 0 Å². The van der Waals surface area contributed by atoms with Crippen molar-refractivity contribution in [2.24, 2.45) is 0 Å². The fourth-order valence-electron chi connectivity index (χ4n) is 0.572. The Hall–Kier alpha value is -0.550. The van der Waals surface area contributed by atoms with Gasteiger partial charge in [-0.2, -0.15) is 5.26 Å². The van der Waals surface area contributed by atoms with Gasteiger partial charge >= 0.3 is 0 Å². The van der Waals surface area contributed by atoms with Crippen LogP contribution in [0.2, 0.25) is 0 Å². The van der Waals surface area contributed by atoms with Crippen molar-refractivity contribution in [3.05, 3.63) is 0 Å². The molecule has 2 heteroatoms. The summed E-state index contributed by atoms with van der Waals surface area (Å²) in [4.78, 5) is 1.92. The highest BCUT2D eigenvalue weighted by Gasteiger charge is 2.03.